The lowest BCUT2D eigenvalue weighted by Gasteiger charge is -2.33. The third kappa shape index (κ3) is 3.96. The maximum absolute atomic E-state index is 15.3. The van der Waals surface area contributed by atoms with E-state index >= 15 is 4.39 Å². The van der Waals surface area contributed by atoms with Gasteiger partial charge in [-0.1, -0.05) is 11.6 Å². The molecule has 0 unspecified atom stereocenters. The van der Waals surface area contributed by atoms with Crippen LogP contribution in [-0.4, -0.2) is 57.1 Å². The summed E-state index contributed by atoms with van der Waals surface area (Å²) in [4.78, 5) is 26.6. The highest BCUT2D eigenvalue weighted by Crippen LogP contribution is 2.44. The number of benzene rings is 1. The van der Waals surface area contributed by atoms with Crippen LogP contribution >= 0.6 is 11.6 Å². The van der Waals surface area contributed by atoms with Crippen LogP contribution in [0.4, 0.5) is 8.78 Å². The second-order valence-electron chi connectivity index (χ2n) is 9.29. The Morgan fingerprint density at radius 3 is 2.79 bits per heavy atom. The fraction of sp³-hybridized carbons (Fsp3) is 0.280. The number of hydrogen-bond acceptors (Lipinski definition) is 7. The Morgan fingerprint density at radius 2 is 2.03 bits per heavy atom. The van der Waals surface area contributed by atoms with Crippen molar-refractivity contribution in [3.05, 3.63) is 76.7 Å². The number of amides is 1. The number of carbonyl (C=O) groups is 1. The van der Waals surface area contributed by atoms with Crippen LogP contribution in [0.2, 0.25) is 5.02 Å². The molecule has 0 saturated carbocycles. The van der Waals surface area contributed by atoms with Gasteiger partial charge < -0.3 is 15.0 Å². The third-order valence-corrected chi connectivity index (χ3v) is 7.31. The van der Waals surface area contributed by atoms with Crippen molar-refractivity contribution in [1.82, 2.24) is 40.1 Å². The van der Waals surface area contributed by atoms with E-state index in [9.17, 15) is 14.3 Å². The highest BCUT2D eigenvalue weighted by molar-refractivity contribution is 6.31. The average molecular weight is 539 g/mol. The molecule has 3 atom stereocenters. The van der Waals surface area contributed by atoms with E-state index in [1.165, 1.54) is 48.5 Å². The molecular formula is C25H21ClF2N8O2. The average Bonchev–Trinajstić information content (AvgIpc) is 3.66. The van der Waals surface area contributed by atoms with Crippen LogP contribution in [0, 0.1) is 11.6 Å². The number of tetrazole rings is 1. The van der Waals surface area contributed by atoms with E-state index in [0.29, 0.717) is 42.0 Å². The molecule has 1 amide bonds. The number of hydrogen-bond donors (Lipinski definition) is 2. The summed E-state index contributed by atoms with van der Waals surface area (Å²) >= 11 is 6.09. The van der Waals surface area contributed by atoms with Gasteiger partial charge in [0.15, 0.2) is 11.6 Å². The molecule has 0 bridgehead atoms. The number of pyridine rings is 1. The van der Waals surface area contributed by atoms with Gasteiger partial charge in [0.2, 0.25) is 5.91 Å². The molecule has 5 heterocycles. The van der Waals surface area contributed by atoms with Gasteiger partial charge in [-0.3, -0.25) is 9.78 Å². The summed E-state index contributed by atoms with van der Waals surface area (Å²) in [5.74, 6) is -1.05. The van der Waals surface area contributed by atoms with E-state index in [1.54, 1.807) is 11.0 Å². The highest BCUT2D eigenvalue weighted by atomic mass is 35.5. The van der Waals surface area contributed by atoms with Gasteiger partial charge in [0.25, 0.3) is 0 Å². The molecule has 194 valence electrons. The van der Waals surface area contributed by atoms with Crippen molar-refractivity contribution in [2.24, 2.45) is 0 Å². The topological polar surface area (TPSA) is 126 Å². The summed E-state index contributed by atoms with van der Waals surface area (Å²) in [5, 5.41) is 20.8. The van der Waals surface area contributed by atoms with Crippen LogP contribution in [-0.2, 0) is 4.79 Å². The number of aliphatic hydroxyl groups excluding tert-OH is 1. The molecule has 2 aliphatic rings. The first-order valence-electron chi connectivity index (χ1n) is 12.0. The van der Waals surface area contributed by atoms with Gasteiger partial charge in [-0.2, -0.15) is 4.68 Å². The number of H-pyrrole nitrogens is 1. The van der Waals surface area contributed by atoms with Crippen molar-refractivity contribution in [3.8, 4) is 16.9 Å². The highest BCUT2D eigenvalue weighted by Gasteiger charge is 2.42. The minimum Gasteiger partial charge on any atom is -0.387 e. The van der Waals surface area contributed by atoms with Gasteiger partial charge in [0.1, 0.15) is 17.8 Å². The Balaban J connectivity index is 1.32. The minimum absolute atomic E-state index is 0.0576. The number of aromatic nitrogens is 7. The maximum Gasteiger partial charge on any atom is 0.247 e. The zero-order valence-electron chi connectivity index (χ0n) is 20.0. The molecule has 1 aromatic carbocycles. The van der Waals surface area contributed by atoms with Gasteiger partial charge in [-0.25, -0.2) is 13.8 Å². The van der Waals surface area contributed by atoms with Gasteiger partial charge in [0.05, 0.1) is 34.7 Å². The summed E-state index contributed by atoms with van der Waals surface area (Å²) in [6.45, 7) is 1.44. The Kier molecular flexibility index (Phi) is 6.00. The number of nitrogens with zero attached hydrogens (tertiary/aromatic N) is 7. The fourth-order valence-electron chi connectivity index (χ4n) is 5.31. The molecule has 13 heteroatoms. The normalized spacial score (nSPS) is 20.0. The van der Waals surface area contributed by atoms with Crippen molar-refractivity contribution in [2.75, 3.05) is 0 Å². The number of halogens is 3. The molecule has 1 fully saturated rings. The summed E-state index contributed by atoms with van der Waals surface area (Å²) < 4.78 is 31.5. The number of aromatic amines is 1. The Labute approximate surface area is 220 Å². The largest absolute Gasteiger partial charge is 0.387 e. The number of nitrogens with one attached hydrogen (secondary N) is 1. The zero-order chi connectivity index (χ0) is 26.6. The Bertz CT molecular complexity index is 1570. The van der Waals surface area contributed by atoms with E-state index < -0.39 is 17.7 Å². The first-order valence-corrected chi connectivity index (χ1v) is 12.3. The number of imidazole rings is 1. The van der Waals surface area contributed by atoms with Crippen LogP contribution in [0.3, 0.4) is 0 Å². The first-order chi connectivity index (χ1) is 18.3. The number of carbonyl (C=O) groups excluding carboxylic acids is 1. The summed E-state index contributed by atoms with van der Waals surface area (Å²) in [5.41, 5.74) is 1.65. The van der Waals surface area contributed by atoms with E-state index in [4.69, 9.17) is 11.6 Å². The Hall–Kier alpha value is -4.03. The van der Waals surface area contributed by atoms with Crippen molar-refractivity contribution >= 4 is 23.1 Å². The number of aliphatic hydroxyl groups is 1. The SMILES string of the molecule is C[C@H](O)c1nccc(-c2cnc([C@@H]3CC[C@@H]4CC(c5c(-n6cnnn6)ccc(Cl)c5F)=CC(=O)N43)[nH]2)c1F. The smallest absolute Gasteiger partial charge is 0.247 e. The lowest BCUT2D eigenvalue weighted by Crippen LogP contribution is -2.39. The molecule has 38 heavy (non-hydrogen) atoms. The Morgan fingerprint density at radius 1 is 1.18 bits per heavy atom. The van der Waals surface area contributed by atoms with E-state index in [-0.39, 0.29) is 39.8 Å². The predicted octanol–water partition coefficient (Wildman–Crippen LogP) is 3.95. The lowest BCUT2D eigenvalue weighted by molar-refractivity contribution is -0.129. The van der Waals surface area contributed by atoms with Crippen molar-refractivity contribution in [1.29, 1.82) is 0 Å². The zero-order valence-corrected chi connectivity index (χ0v) is 20.8. The monoisotopic (exact) mass is 538 g/mol. The predicted molar refractivity (Wildman–Crippen MR) is 132 cm³/mol. The molecule has 2 N–H and O–H groups in total. The molecule has 4 aromatic rings. The van der Waals surface area contributed by atoms with Crippen molar-refractivity contribution < 1.29 is 18.7 Å². The van der Waals surface area contributed by atoms with E-state index in [2.05, 4.69) is 30.5 Å². The molecule has 3 aromatic heterocycles. The molecule has 0 radical (unpaired) electrons. The quantitative estimate of drug-likeness (QED) is 0.394. The second kappa shape index (κ2) is 9.37. The van der Waals surface area contributed by atoms with Gasteiger partial charge in [-0.05, 0) is 60.4 Å². The van der Waals surface area contributed by atoms with Gasteiger partial charge >= 0.3 is 0 Å². The van der Waals surface area contributed by atoms with Crippen LogP contribution in [0.15, 0.2) is 43.0 Å². The van der Waals surface area contributed by atoms with Crippen LogP contribution in [0.25, 0.3) is 22.5 Å². The maximum atomic E-state index is 15.3. The van der Waals surface area contributed by atoms with Crippen molar-refractivity contribution in [2.45, 2.75) is 44.4 Å². The molecule has 2 aliphatic heterocycles. The summed E-state index contributed by atoms with van der Waals surface area (Å²) in [6.07, 6.45) is 6.32. The molecule has 1 saturated heterocycles. The third-order valence-electron chi connectivity index (χ3n) is 7.01. The van der Waals surface area contributed by atoms with E-state index in [0.717, 1.165) is 0 Å². The summed E-state index contributed by atoms with van der Waals surface area (Å²) in [7, 11) is 0. The second-order valence-corrected chi connectivity index (χ2v) is 9.70. The number of rotatable bonds is 5. The van der Waals surface area contributed by atoms with Gasteiger partial charge in [-0.15, -0.1) is 5.10 Å². The standard InChI is InChI=1S/C25H21ClF2N8O2/c1-12(37)24-22(27)15(6-7-29-24)17-10-30-25(32-17)19-4-2-14-8-13(9-20(38)36(14)19)21-18(35-11-31-33-34-35)5-3-16(26)23(21)28/h3,5-7,9-12,14,19,37H,2,4,8H2,1H3,(H,30,32)/t12-,14+,19-/m0/s1. The van der Waals surface area contributed by atoms with Gasteiger partial charge in [0, 0.05) is 29.4 Å². The lowest BCUT2D eigenvalue weighted by atomic mass is 9.92. The first kappa shape index (κ1) is 24.3. The van der Waals surface area contributed by atoms with Crippen LogP contribution < -0.4 is 0 Å². The van der Waals surface area contributed by atoms with E-state index in [1.807, 2.05) is 0 Å². The summed E-state index contributed by atoms with van der Waals surface area (Å²) in [6, 6.07) is 3.98. The molecular weight excluding hydrogens is 518 g/mol. The van der Waals surface area contributed by atoms with Crippen molar-refractivity contribution in [3.63, 3.8) is 0 Å². The van der Waals surface area contributed by atoms with Crippen LogP contribution in [0.5, 0.6) is 0 Å². The fourth-order valence-corrected chi connectivity index (χ4v) is 5.46. The minimum atomic E-state index is -1.06. The molecule has 0 spiro atoms. The van der Waals surface area contributed by atoms with Crippen LogP contribution in [0.1, 0.15) is 55.4 Å². The molecule has 6 rings (SSSR count). The number of fused-ring (bicyclic) bond motifs is 1. The molecule has 0 aliphatic carbocycles. The molecule has 10 nitrogen and oxygen atoms in total.